The van der Waals surface area contributed by atoms with E-state index in [4.69, 9.17) is 11.6 Å². The Kier molecular flexibility index (Phi) is 6.91. The number of carbonyl (C=O) groups excluding carboxylic acids is 1. The first-order chi connectivity index (χ1) is 9.49. The SMILES string of the molecule is CC1CCNC(C)C1NC(=O)Cc1c(F)cccc1Cl.Cl. The third-order valence-corrected chi connectivity index (χ3v) is 4.30. The van der Waals surface area contributed by atoms with Crippen LogP contribution in [-0.2, 0) is 11.2 Å². The quantitative estimate of drug-likeness (QED) is 0.892. The van der Waals surface area contributed by atoms with Gasteiger partial charge in [-0.15, -0.1) is 12.4 Å². The zero-order valence-electron chi connectivity index (χ0n) is 12.2. The zero-order valence-corrected chi connectivity index (χ0v) is 13.7. The highest BCUT2D eigenvalue weighted by atomic mass is 35.5. The molecule has 0 bridgehead atoms. The van der Waals surface area contributed by atoms with Gasteiger partial charge in [-0.1, -0.05) is 24.6 Å². The van der Waals surface area contributed by atoms with Gasteiger partial charge in [-0.05, 0) is 37.9 Å². The maximum atomic E-state index is 13.7. The molecule has 2 N–H and O–H groups in total. The molecule has 0 spiro atoms. The van der Waals surface area contributed by atoms with Crippen molar-refractivity contribution in [3.63, 3.8) is 0 Å². The smallest absolute Gasteiger partial charge is 0.224 e. The summed E-state index contributed by atoms with van der Waals surface area (Å²) in [6, 6.07) is 4.75. The predicted molar refractivity (Wildman–Crippen MR) is 85.5 cm³/mol. The van der Waals surface area contributed by atoms with E-state index in [2.05, 4.69) is 24.5 Å². The van der Waals surface area contributed by atoms with E-state index in [1.54, 1.807) is 6.07 Å². The minimum Gasteiger partial charge on any atom is -0.351 e. The summed E-state index contributed by atoms with van der Waals surface area (Å²) in [5.74, 6) is -0.216. The van der Waals surface area contributed by atoms with E-state index in [-0.39, 0.29) is 42.4 Å². The fourth-order valence-electron chi connectivity index (χ4n) is 2.70. The van der Waals surface area contributed by atoms with E-state index in [1.165, 1.54) is 12.1 Å². The van der Waals surface area contributed by atoms with Gasteiger partial charge in [0.05, 0.1) is 6.42 Å². The lowest BCUT2D eigenvalue weighted by molar-refractivity contribution is -0.121. The van der Waals surface area contributed by atoms with Gasteiger partial charge in [-0.2, -0.15) is 0 Å². The Morgan fingerprint density at radius 1 is 1.48 bits per heavy atom. The molecule has 0 saturated carbocycles. The molecule has 1 amide bonds. The number of rotatable bonds is 3. The van der Waals surface area contributed by atoms with Crippen LogP contribution < -0.4 is 10.6 Å². The highest BCUT2D eigenvalue weighted by Gasteiger charge is 2.28. The fourth-order valence-corrected chi connectivity index (χ4v) is 2.93. The minimum atomic E-state index is -0.435. The second-order valence-electron chi connectivity index (χ2n) is 5.48. The van der Waals surface area contributed by atoms with Crippen LogP contribution in [0.5, 0.6) is 0 Å². The number of halogens is 3. The van der Waals surface area contributed by atoms with E-state index in [0.29, 0.717) is 10.9 Å². The molecule has 3 atom stereocenters. The van der Waals surface area contributed by atoms with Gasteiger partial charge >= 0.3 is 0 Å². The molecule has 1 aromatic rings. The maximum absolute atomic E-state index is 13.7. The highest BCUT2D eigenvalue weighted by molar-refractivity contribution is 6.31. The van der Waals surface area contributed by atoms with Crippen molar-refractivity contribution < 1.29 is 9.18 Å². The highest BCUT2D eigenvalue weighted by Crippen LogP contribution is 2.20. The number of benzene rings is 1. The summed E-state index contributed by atoms with van der Waals surface area (Å²) in [6.07, 6.45) is 0.997. The van der Waals surface area contributed by atoms with Crippen LogP contribution in [0.4, 0.5) is 4.39 Å². The molecule has 0 radical (unpaired) electrons. The Labute approximate surface area is 136 Å². The molecule has 21 heavy (non-hydrogen) atoms. The van der Waals surface area contributed by atoms with Gasteiger partial charge in [-0.25, -0.2) is 4.39 Å². The van der Waals surface area contributed by atoms with E-state index in [0.717, 1.165) is 13.0 Å². The van der Waals surface area contributed by atoms with Crippen LogP contribution in [0.1, 0.15) is 25.8 Å². The molecule has 0 aromatic heterocycles. The first kappa shape index (κ1) is 18.2. The summed E-state index contributed by atoms with van der Waals surface area (Å²) < 4.78 is 13.7. The first-order valence-corrected chi connectivity index (χ1v) is 7.32. The summed E-state index contributed by atoms with van der Waals surface area (Å²) >= 11 is 5.94. The lowest BCUT2D eigenvalue weighted by Crippen LogP contribution is -2.56. The van der Waals surface area contributed by atoms with Gasteiger partial charge < -0.3 is 10.6 Å². The van der Waals surface area contributed by atoms with Gasteiger partial charge in [0.2, 0.25) is 5.91 Å². The average molecular weight is 335 g/mol. The molecule has 3 unspecified atom stereocenters. The van der Waals surface area contributed by atoms with E-state index in [1.807, 2.05) is 0 Å². The summed E-state index contributed by atoms with van der Waals surface area (Å²) in [5.41, 5.74) is 0.260. The molecule has 0 aliphatic carbocycles. The topological polar surface area (TPSA) is 41.1 Å². The van der Waals surface area contributed by atoms with Gasteiger partial charge in [0.15, 0.2) is 0 Å². The molecule has 3 nitrogen and oxygen atoms in total. The Morgan fingerprint density at radius 2 is 2.19 bits per heavy atom. The molecule has 1 heterocycles. The molecule has 118 valence electrons. The molecule has 6 heteroatoms. The molecule has 1 aliphatic heterocycles. The van der Waals surface area contributed by atoms with Crippen molar-refractivity contribution in [1.29, 1.82) is 0 Å². The lowest BCUT2D eigenvalue weighted by Gasteiger charge is -2.36. The first-order valence-electron chi connectivity index (χ1n) is 6.94. The minimum absolute atomic E-state index is 0. The van der Waals surface area contributed by atoms with Crippen molar-refractivity contribution >= 4 is 29.9 Å². The van der Waals surface area contributed by atoms with Crippen molar-refractivity contribution in [3.05, 3.63) is 34.6 Å². The zero-order chi connectivity index (χ0) is 14.7. The Hall–Kier alpha value is -0.840. The van der Waals surface area contributed by atoms with Gasteiger partial charge in [0.25, 0.3) is 0 Å². The normalized spacial score (nSPS) is 25.0. The Morgan fingerprint density at radius 3 is 2.81 bits per heavy atom. The number of piperidine rings is 1. The Balaban J connectivity index is 0.00000220. The molecule has 1 fully saturated rings. The van der Waals surface area contributed by atoms with Crippen LogP contribution in [-0.4, -0.2) is 24.5 Å². The van der Waals surface area contributed by atoms with E-state index in [9.17, 15) is 9.18 Å². The second kappa shape index (κ2) is 7.97. The molecule has 1 saturated heterocycles. The predicted octanol–water partition coefficient (Wildman–Crippen LogP) is 2.95. The average Bonchev–Trinajstić information content (AvgIpc) is 2.39. The van der Waals surface area contributed by atoms with Crippen LogP contribution in [0.3, 0.4) is 0 Å². The third kappa shape index (κ3) is 4.56. The van der Waals surface area contributed by atoms with Crippen LogP contribution in [0.15, 0.2) is 18.2 Å². The fraction of sp³-hybridized carbons (Fsp3) is 0.533. The Bertz CT molecular complexity index is 468. The molecular weight excluding hydrogens is 314 g/mol. The molecular formula is C15H21Cl2FN2O. The monoisotopic (exact) mass is 334 g/mol. The van der Waals surface area contributed by atoms with Gasteiger partial charge in [0, 0.05) is 22.7 Å². The largest absolute Gasteiger partial charge is 0.351 e. The maximum Gasteiger partial charge on any atom is 0.224 e. The standard InChI is InChI=1S/C15H20ClFN2O.ClH/c1-9-6-7-18-10(2)15(9)19-14(20)8-11-12(16)4-3-5-13(11)17;/h3-5,9-10,15,18H,6-8H2,1-2H3,(H,19,20);1H. The van der Waals surface area contributed by atoms with Crippen LogP contribution in [0, 0.1) is 11.7 Å². The molecule has 2 rings (SSSR count). The third-order valence-electron chi connectivity index (χ3n) is 3.94. The van der Waals surface area contributed by atoms with Crippen molar-refractivity contribution in [2.24, 2.45) is 5.92 Å². The van der Waals surface area contributed by atoms with Crippen molar-refractivity contribution in [2.45, 2.75) is 38.8 Å². The summed E-state index contributed by atoms with van der Waals surface area (Å²) in [4.78, 5) is 12.1. The van der Waals surface area contributed by atoms with Gasteiger partial charge in [0.1, 0.15) is 5.82 Å². The molecule has 1 aliphatic rings. The van der Waals surface area contributed by atoms with Gasteiger partial charge in [-0.3, -0.25) is 4.79 Å². The second-order valence-corrected chi connectivity index (χ2v) is 5.89. The number of hydrogen-bond acceptors (Lipinski definition) is 2. The van der Waals surface area contributed by atoms with E-state index >= 15 is 0 Å². The van der Waals surface area contributed by atoms with E-state index < -0.39 is 5.82 Å². The van der Waals surface area contributed by atoms with Crippen LogP contribution >= 0.6 is 24.0 Å². The molecule has 1 aromatic carbocycles. The summed E-state index contributed by atoms with van der Waals surface area (Å²) in [6.45, 7) is 5.14. The summed E-state index contributed by atoms with van der Waals surface area (Å²) in [5, 5.41) is 6.63. The number of carbonyl (C=O) groups is 1. The summed E-state index contributed by atoms with van der Waals surface area (Å²) in [7, 11) is 0. The van der Waals surface area contributed by atoms with Crippen molar-refractivity contribution in [3.8, 4) is 0 Å². The van der Waals surface area contributed by atoms with Crippen molar-refractivity contribution in [1.82, 2.24) is 10.6 Å². The number of amides is 1. The van der Waals surface area contributed by atoms with Crippen molar-refractivity contribution in [2.75, 3.05) is 6.54 Å². The van der Waals surface area contributed by atoms with Crippen LogP contribution in [0.2, 0.25) is 5.02 Å². The number of nitrogens with one attached hydrogen (secondary N) is 2. The lowest BCUT2D eigenvalue weighted by atomic mass is 9.89. The number of hydrogen-bond donors (Lipinski definition) is 2. The van der Waals surface area contributed by atoms with Crippen LogP contribution in [0.25, 0.3) is 0 Å².